The number of hydrogen-bond acceptors (Lipinski definition) is 10. The molecule has 0 radical (unpaired) electrons. The van der Waals surface area contributed by atoms with Crippen LogP contribution in [0, 0.1) is 5.41 Å². The minimum absolute atomic E-state index is 0.154. The van der Waals surface area contributed by atoms with Crippen molar-refractivity contribution in [1.82, 2.24) is 4.90 Å². The highest BCUT2D eigenvalue weighted by atomic mass is 16.8. The normalized spacial score (nSPS) is 35.8. The molecule has 3 fully saturated rings. The molecule has 204 valence electrons. The number of hydrogen-bond donors (Lipinski definition) is 0. The predicted octanol–water partition coefficient (Wildman–Crippen LogP) is 2.82. The maximum absolute atomic E-state index is 14.0. The number of ether oxygens (including phenoxy) is 7. The van der Waals surface area contributed by atoms with Gasteiger partial charge in [-0.25, -0.2) is 9.59 Å². The van der Waals surface area contributed by atoms with Crippen LogP contribution in [0.1, 0.15) is 45.7 Å². The number of carbonyl (C=O) groups excluding carboxylic acids is 2. The average molecular weight is 528 g/mol. The van der Waals surface area contributed by atoms with Crippen LogP contribution >= 0.6 is 0 Å². The molecule has 10 heteroatoms. The molecule has 1 aromatic rings. The quantitative estimate of drug-likeness (QED) is 0.543. The molecule has 0 unspecified atom stereocenters. The van der Waals surface area contributed by atoms with E-state index in [1.165, 1.54) is 7.11 Å². The van der Waals surface area contributed by atoms with Crippen molar-refractivity contribution in [2.24, 2.45) is 5.41 Å². The van der Waals surface area contributed by atoms with Crippen LogP contribution in [0.15, 0.2) is 36.0 Å². The molecule has 6 rings (SSSR count). The molecule has 1 aromatic carbocycles. The molecule has 0 amide bonds. The van der Waals surface area contributed by atoms with Crippen LogP contribution in [0.25, 0.3) is 11.8 Å². The van der Waals surface area contributed by atoms with Crippen LogP contribution in [-0.4, -0.2) is 79.4 Å². The molecule has 1 spiro atoms. The number of rotatable bonds is 4. The van der Waals surface area contributed by atoms with Crippen LogP contribution in [0.4, 0.5) is 0 Å². The zero-order chi connectivity index (χ0) is 27.0. The molecule has 6 atom stereocenters. The second kappa shape index (κ2) is 8.62. The van der Waals surface area contributed by atoms with E-state index in [-0.39, 0.29) is 18.8 Å². The largest absolute Gasteiger partial charge is 0.466 e. The lowest BCUT2D eigenvalue weighted by atomic mass is 9.66. The van der Waals surface area contributed by atoms with E-state index in [0.717, 1.165) is 11.1 Å². The Labute approximate surface area is 221 Å². The number of methoxy groups -OCH3 is 1. The van der Waals surface area contributed by atoms with Gasteiger partial charge in [-0.2, -0.15) is 0 Å². The van der Waals surface area contributed by atoms with Crippen LogP contribution in [0.2, 0.25) is 0 Å². The minimum Gasteiger partial charge on any atom is -0.466 e. The summed E-state index contributed by atoms with van der Waals surface area (Å²) in [7, 11) is 1.33. The molecule has 0 aliphatic carbocycles. The van der Waals surface area contributed by atoms with Crippen molar-refractivity contribution < 1.29 is 42.7 Å². The van der Waals surface area contributed by atoms with Crippen molar-refractivity contribution in [2.45, 2.75) is 76.8 Å². The first-order chi connectivity index (χ1) is 18.0. The maximum Gasteiger partial charge on any atom is 0.336 e. The Hall–Kier alpha value is -2.76. The standard InChI is InChI=1S/C28H33NO9/c1-7-33-24(31)20-28(18(23(30)32-6)19-16-11-9-8-10-15(16)12-13-29(19)20)21(17-14-34-26(2,3)36-17)35-25-22(28)37-27(4,5)38-25/h8-13,17,20-22,25H,7,14H2,1-6H3/t17-,20+,21-,22+,25-,28-/m1/s1. The SMILES string of the molecule is CCOC(=O)[C@@H]1N2C=Cc3ccccc3C2=C(C(=O)OC)[C@]12[C@@H]([C@H]1COC(C)(C)O1)O[C@@H]1OC(C)(C)O[C@@H]12. The summed E-state index contributed by atoms with van der Waals surface area (Å²) < 4.78 is 42.5. The Kier molecular flexibility index (Phi) is 5.79. The molecule has 0 saturated carbocycles. The molecular weight excluding hydrogens is 494 g/mol. The van der Waals surface area contributed by atoms with Gasteiger partial charge in [0.1, 0.15) is 24.4 Å². The molecule has 38 heavy (non-hydrogen) atoms. The number of esters is 2. The number of fused-ring (bicyclic) bond motifs is 5. The van der Waals surface area contributed by atoms with Gasteiger partial charge >= 0.3 is 11.9 Å². The molecule has 5 aliphatic heterocycles. The van der Waals surface area contributed by atoms with Gasteiger partial charge in [0, 0.05) is 11.8 Å². The highest BCUT2D eigenvalue weighted by molar-refractivity contribution is 6.05. The Morgan fingerprint density at radius 3 is 2.50 bits per heavy atom. The molecule has 5 heterocycles. The summed E-state index contributed by atoms with van der Waals surface area (Å²) in [6.45, 7) is 9.26. The molecule has 0 N–H and O–H groups in total. The van der Waals surface area contributed by atoms with Gasteiger partial charge < -0.3 is 38.1 Å². The van der Waals surface area contributed by atoms with Crippen molar-refractivity contribution in [3.8, 4) is 0 Å². The molecular formula is C28H33NO9. The lowest BCUT2D eigenvalue weighted by Gasteiger charge is -2.42. The topological polar surface area (TPSA) is 102 Å². The van der Waals surface area contributed by atoms with E-state index in [1.807, 2.05) is 44.2 Å². The summed E-state index contributed by atoms with van der Waals surface area (Å²) in [4.78, 5) is 29.7. The highest BCUT2D eigenvalue weighted by Gasteiger charge is 2.77. The maximum atomic E-state index is 14.0. The van der Waals surface area contributed by atoms with E-state index < -0.39 is 59.6 Å². The summed E-state index contributed by atoms with van der Waals surface area (Å²) >= 11 is 0. The molecule has 10 nitrogen and oxygen atoms in total. The first-order valence-corrected chi connectivity index (χ1v) is 12.9. The van der Waals surface area contributed by atoms with E-state index in [4.69, 9.17) is 33.2 Å². The fraction of sp³-hybridized carbons (Fsp3) is 0.571. The van der Waals surface area contributed by atoms with Gasteiger partial charge in [-0.05, 0) is 46.3 Å². The van der Waals surface area contributed by atoms with Crippen LogP contribution in [0.5, 0.6) is 0 Å². The first-order valence-electron chi connectivity index (χ1n) is 12.9. The van der Waals surface area contributed by atoms with Crippen molar-refractivity contribution in [3.05, 3.63) is 47.2 Å². The molecule has 0 bridgehead atoms. The first kappa shape index (κ1) is 25.5. The summed E-state index contributed by atoms with van der Waals surface area (Å²) in [5.74, 6) is -3.03. The number of nitrogens with zero attached hydrogens (tertiary/aromatic N) is 1. The minimum atomic E-state index is -1.41. The van der Waals surface area contributed by atoms with E-state index >= 15 is 0 Å². The number of carbonyl (C=O) groups is 2. The predicted molar refractivity (Wildman–Crippen MR) is 133 cm³/mol. The van der Waals surface area contributed by atoms with Gasteiger partial charge in [0.25, 0.3) is 0 Å². The van der Waals surface area contributed by atoms with Crippen LogP contribution in [0.3, 0.4) is 0 Å². The van der Waals surface area contributed by atoms with Gasteiger partial charge in [0.2, 0.25) is 0 Å². The fourth-order valence-corrected chi connectivity index (χ4v) is 6.62. The lowest BCUT2D eigenvalue weighted by Crippen LogP contribution is -2.60. The van der Waals surface area contributed by atoms with Crippen molar-refractivity contribution in [3.63, 3.8) is 0 Å². The highest BCUT2D eigenvalue weighted by Crippen LogP contribution is 2.63. The summed E-state index contributed by atoms with van der Waals surface area (Å²) in [5, 5.41) is 0. The Morgan fingerprint density at radius 2 is 1.82 bits per heavy atom. The molecule has 3 saturated heterocycles. The Bertz CT molecular complexity index is 1240. The van der Waals surface area contributed by atoms with Gasteiger partial charge in [-0.1, -0.05) is 24.3 Å². The van der Waals surface area contributed by atoms with Gasteiger partial charge in [0.05, 0.1) is 37.0 Å². The van der Waals surface area contributed by atoms with E-state index in [1.54, 1.807) is 31.9 Å². The summed E-state index contributed by atoms with van der Waals surface area (Å²) in [5.41, 5.74) is 1.09. The second-order valence-corrected chi connectivity index (χ2v) is 11.0. The second-order valence-electron chi connectivity index (χ2n) is 11.0. The van der Waals surface area contributed by atoms with Crippen LogP contribution in [-0.2, 0) is 42.7 Å². The summed E-state index contributed by atoms with van der Waals surface area (Å²) in [6, 6.07) is 6.66. The third-order valence-electron chi connectivity index (χ3n) is 7.84. The van der Waals surface area contributed by atoms with E-state index in [0.29, 0.717) is 5.70 Å². The smallest absolute Gasteiger partial charge is 0.336 e. The Morgan fingerprint density at radius 1 is 1.05 bits per heavy atom. The van der Waals surface area contributed by atoms with Gasteiger partial charge in [0.15, 0.2) is 17.9 Å². The van der Waals surface area contributed by atoms with Gasteiger partial charge in [-0.3, -0.25) is 0 Å². The average Bonchev–Trinajstić information content (AvgIpc) is 3.56. The zero-order valence-electron chi connectivity index (χ0n) is 22.4. The van der Waals surface area contributed by atoms with E-state index in [2.05, 4.69) is 0 Å². The van der Waals surface area contributed by atoms with E-state index in [9.17, 15) is 9.59 Å². The van der Waals surface area contributed by atoms with Gasteiger partial charge in [-0.15, -0.1) is 0 Å². The monoisotopic (exact) mass is 527 g/mol. The van der Waals surface area contributed by atoms with Crippen molar-refractivity contribution in [2.75, 3.05) is 20.3 Å². The fourth-order valence-electron chi connectivity index (χ4n) is 6.62. The number of benzene rings is 1. The van der Waals surface area contributed by atoms with Crippen molar-refractivity contribution >= 4 is 23.7 Å². The zero-order valence-corrected chi connectivity index (χ0v) is 22.4. The lowest BCUT2D eigenvalue weighted by molar-refractivity contribution is -0.237. The molecule has 5 aliphatic rings. The third kappa shape index (κ3) is 3.51. The van der Waals surface area contributed by atoms with Crippen LogP contribution < -0.4 is 0 Å². The third-order valence-corrected chi connectivity index (χ3v) is 7.84. The summed E-state index contributed by atoms with van der Waals surface area (Å²) in [6.07, 6.45) is 0.492. The molecule has 0 aromatic heterocycles. The van der Waals surface area contributed by atoms with Crippen molar-refractivity contribution in [1.29, 1.82) is 0 Å². The Balaban J connectivity index is 1.65.